The van der Waals surface area contributed by atoms with Crippen LogP contribution in [0.15, 0.2) is 23.1 Å². The number of carbonyl (C=O) groups excluding carboxylic acids is 2. The molecule has 2 heterocycles. The molecule has 0 N–H and O–H groups in total. The second-order valence-corrected chi connectivity index (χ2v) is 10.2. The quantitative estimate of drug-likeness (QED) is 0.723. The van der Waals surface area contributed by atoms with Gasteiger partial charge in [0.05, 0.1) is 23.3 Å². The minimum Gasteiger partial charge on any atom is -0.278 e. The Hall–Kier alpha value is -1.73. The van der Waals surface area contributed by atoms with Crippen LogP contribution in [0, 0.1) is 18.8 Å². The summed E-state index contributed by atoms with van der Waals surface area (Å²) in [4.78, 5) is 27.1. The van der Waals surface area contributed by atoms with Crippen LogP contribution in [-0.4, -0.2) is 42.5 Å². The molecular weight excluding hydrogens is 376 g/mol. The Balaban J connectivity index is 1.59. The summed E-state index contributed by atoms with van der Waals surface area (Å²) >= 11 is 0. The number of sulfonamides is 1. The molecule has 3 aliphatic rings. The first kappa shape index (κ1) is 19.6. The van der Waals surface area contributed by atoms with Gasteiger partial charge in [-0.2, -0.15) is 4.31 Å². The molecular formula is C21H28N2O4S. The fourth-order valence-corrected chi connectivity index (χ4v) is 6.63. The highest BCUT2D eigenvalue weighted by Gasteiger charge is 2.47. The highest BCUT2D eigenvalue weighted by atomic mass is 32.2. The second kappa shape index (κ2) is 7.59. The number of hydrogen-bond acceptors (Lipinski definition) is 4. The Bertz CT molecular complexity index is 866. The number of benzene rings is 1. The normalized spacial score (nSPS) is 26.5. The van der Waals surface area contributed by atoms with Gasteiger partial charge >= 0.3 is 0 Å². The van der Waals surface area contributed by atoms with Gasteiger partial charge in [0.2, 0.25) is 21.8 Å². The van der Waals surface area contributed by atoms with Crippen LogP contribution in [0.2, 0.25) is 0 Å². The largest absolute Gasteiger partial charge is 0.278 e. The number of nitrogens with zero attached hydrogens (tertiary/aromatic N) is 2. The molecule has 0 spiro atoms. The summed E-state index contributed by atoms with van der Waals surface area (Å²) in [7, 11) is -3.55. The SMILES string of the molecule is Cc1ccc(CN2C(=O)C3CCCCC3C2=O)cc1S(=O)(=O)N1CCCCC1. The molecule has 152 valence electrons. The minimum absolute atomic E-state index is 0.0873. The predicted molar refractivity (Wildman–Crippen MR) is 105 cm³/mol. The van der Waals surface area contributed by atoms with Crippen LogP contribution in [-0.2, 0) is 26.2 Å². The molecule has 2 atom stereocenters. The van der Waals surface area contributed by atoms with Crippen molar-refractivity contribution in [1.82, 2.24) is 9.21 Å². The number of likely N-dealkylation sites (tertiary alicyclic amines) is 1. The van der Waals surface area contributed by atoms with Gasteiger partial charge in [0.1, 0.15) is 0 Å². The number of piperidine rings is 1. The van der Waals surface area contributed by atoms with Crippen molar-refractivity contribution in [3.8, 4) is 0 Å². The van der Waals surface area contributed by atoms with E-state index in [4.69, 9.17) is 0 Å². The van der Waals surface area contributed by atoms with E-state index in [1.165, 1.54) is 4.90 Å². The van der Waals surface area contributed by atoms with Crippen molar-refractivity contribution in [1.29, 1.82) is 0 Å². The first-order valence-corrected chi connectivity index (χ1v) is 11.8. The lowest BCUT2D eigenvalue weighted by Crippen LogP contribution is -2.36. The number of fused-ring (bicyclic) bond motifs is 1. The van der Waals surface area contributed by atoms with E-state index in [2.05, 4.69) is 0 Å². The summed E-state index contributed by atoms with van der Waals surface area (Å²) in [6, 6.07) is 5.26. The van der Waals surface area contributed by atoms with Crippen molar-refractivity contribution in [2.45, 2.75) is 63.3 Å². The third kappa shape index (κ3) is 3.39. The third-order valence-electron chi connectivity index (χ3n) is 6.46. The summed E-state index contributed by atoms with van der Waals surface area (Å²) in [5.41, 5.74) is 1.39. The fraction of sp³-hybridized carbons (Fsp3) is 0.619. The molecule has 2 saturated heterocycles. The third-order valence-corrected chi connectivity index (χ3v) is 8.50. The van der Waals surface area contributed by atoms with Crippen molar-refractivity contribution in [2.75, 3.05) is 13.1 Å². The summed E-state index contributed by atoms with van der Waals surface area (Å²) in [5, 5.41) is 0. The summed E-state index contributed by atoms with van der Waals surface area (Å²) < 4.78 is 27.8. The van der Waals surface area contributed by atoms with Gasteiger partial charge in [-0.1, -0.05) is 31.4 Å². The number of amides is 2. The maximum atomic E-state index is 13.1. The van der Waals surface area contributed by atoms with Crippen LogP contribution >= 0.6 is 0 Å². The first-order valence-electron chi connectivity index (χ1n) is 10.3. The topological polar surface area (TPSA) is 74.8 Å². The van der Waals surface area contributed by atoms with Gasteiger partial charge in [-0.05, 0) is 49.8 Å². The van der Waals surface area contributed by atoms with E-state index in [1.807, 2.05) is 6.07 Å². The predicted octanol–water partition coefficient (Wildman–Crippen LogP) is 2.84. The van der Waals surface area contributed by atoms with Gasteiger partial charge in [0.15, 0.2) is 0 Å². The van der Waals surface area contributed by atoms with E-state index in [-0.39, 0.29) is 30.2 Å². The van der Waals surface area contributed by atoms with Crippen LogP contribution in [0.4, 0.5) is 0 Å². The fourth-order valence-electron chi connectivity index (χ4n) is 4.83. The van der Waals surface area contributed by atoms with Crippen LogP contribution in [0.5, 0.6) is 0 Å². The van der Waals surface area contributed by atoms with Crippen molar-refractivity contribution in [3.05, 3.63) is 29.3 Å². The monoisotopic (exact) mass is 404 g/mol. The van der Waals surface area contributed by atoms with Crippen LogP contribution in [0.25, 0.3) is 0 Å². The van der Waals surface area contributed by atoms with E-state index in [1.54, 1.807) is 23.4 Å². The van der Waals surface area contributed by atoms with Crippen LogP contribution < -0.4 is 0 Å². The Labute approximate surface area is 166 Å². The Morgan fingerprint density at radius 2 is 1.54 bits per heavy atom. The summed E-state index contributed by atoms with van der Waals surface area (Å²) in [6.07, 6.45) is 6.40. The molecule has 28 heavy (non-hydrogen) atoms. The average molecular weight is 405 g/mol. The summed E-state index contributed by atoms with van der Waals surface area (Å²) in [5.74, 6) is -0.530. The lowest BCUT2D eigenvalue weighted by molar-refractivity contribution is -0.140. The zero-order valence-corrected chi connectivity index (χ0v) is 17.2. The van der Waals surface area contributed by atoms with Crippen molar-refractivity contribution in [2.24, 2.45) is 11.8 Å². The van der Waals surface area contributed by atoms with Gasteiger partial charge in [0, 0.05) is 13.1 Å². The summed E-state index contributed by atoms with van der Waals surface area (Å²) in [6.45, 7) is 3.06. The molecule has 6 nitrogen and oxygen atoms in total. The molecule has 0 aromatic heterocycles. The maximum Gasteiger partial charge on any atom is 0.243 e. The zero-order valence-electron chi connectivity index (χ0n) is 16.4. The molecule has 1 aromatic carbocycles. The van der Waals surface area contributed by atoms with Crippen LogP contribution in [0.1, 0.15) is 56.1 Å². The number of imide groups is 1. The van der Waals surface area contributed by atoms with Crippen molar-refractivity contribution in [3.63, 3.8) is 0 Å². The molecule has 7 heteroatoms. The molecule has 2 unspecified atom stereocenters. The molecule has 3 fully saturated rings. The average Bonchev–Trinajstić information content (AvgIpc) is 2.95. The van der Waals surface area contributed by atoms with Crippen molar-refractivity contribution >= 4 is 21.8 Å². The Kier molecular flexibility index (Phi) is 5.31. The van der Waals surface area contributed by atoms with Gasteiger partial charge < -0.3 is 0 Å². The Morgan fingerprint density at radius 1 is 0.929 bits per heavy atom. The number of carbonyl (C=O) groups is 2. The molecule has 1 aliphatic carbocycles. The highest BCUT2D eigenvalue weighted by Crippen LogP contribution is 2.38. The van der Waals surface area contributed by atoms with E-state index in [0.717, 1.165) is 44.9 Å². The van der Waals surface area contributed by atoms with Gasteiger partial charge in [-0.3, -0.25) is 14.5 Å². The number of aryl methyl sites for hydroxylation is 1. The Morgan fingerprint density at radius 3 is 2.14 bits per heavy atom. The second-order valence-electron chi connectivity index (χ2n) is 8.32. The maximum absolute atomic E-state index is 13.1. The lowest BCUT2D eigenvalue weighted by atomic mass is 9.81. The molecule has 1 saturated carbocycles. The van der Waals surface area contributed by atoms with E-state index < -0.39 is 10.0 Å². The molecule has 1 aromatic rings. The molecule has 2 amide bonds. The van der Waals surface area contributed by atoms with Crippen LogP contribution in [0.3, 0.4) is 0 Å². The van der Waals surface area contributed by atoms with E-state index in [9.17, 15) is 18.0 Å². The van der Waals surface area contributed by atoms with Gasteiger partial charge in [-0.15, -0.1) is 0 Å². The van der Waals surface area contributed by atoms with Crippen molar-refractivity contribution < 1.29 is 18.0 Å². The zero-order chi connectivity index (χ0) is 19.9. The van der Waals surface area contributed by atoms with E-state index >= 15 is 0 Å². The molecule has 2 aliphatic heterocycles. The smallest absolute Gasteiger partial charge is 0.243 e. The van der Waals surface area contributed by atoms with Gasteiger partial charge in [0.25, 0.3) is 0 Å². The van der Waals surface area contributed by atoms with Gasteiger partial charge in [-0.25, -0.2) is 8.42 Å². The molecule has 4 rings (SSSR count). The first-order chi connectivity index (χ1) is 13.4. The van der Waals surface area contributed by atoms with E-state index in [0.29, 0.717) is 29.1 Å². The number of hydrogen-bond donors (Lipinski definition) is 0. The molecule has 0 bridgehead atoms. The standard InChI is InChI=1S/C21H28N2O4S/c1-15-9-10-16(13-19(15)28(26,27)22-11-5-2-6-12-22)14-23-20(24)17-7-3-4-8-18(17)21(23)25/h9-10,13,17-18H,2-8,11-12,14H2,1H3. The number of rotatable bonds is 4. The minimum atomic E-state index is -3.55. The lowest BCUT2D eigenvalue weighted by Gasteiger charge is -2.27. The molecule has 0 radical (unpaired) electrons. The highest BCUT2D eigenvalue weighted by molar-refractivity contribution is 7.89.